The minimum atomic E-state index is -3.34. The Kier molecular flexibility index (Phi) is 8.79. The normalized spacial score (nSPS) is 13.3. The molecule has 0 bridgehead atoms. The highest BCUT2D eigenvalue weighted by molar-refractivity contribution is 7.21. The molecule has 0 fully saturated rings. The van der Waals surface area contributed by atoms with E-state index < -0.39 is 16.1 Å². The number of para-hydroxylation sites is 5. The summed E-state index contributed by atoms with van der Waals surface area (Å²) in [6.07, 6.45) is 1.92. The number of hydrogen-bond donors (Lipinski definition) is 0. The molecule has 1 aliphatic heterocycles. The van der Waals surface area contributed by atoms with Crippen molar-refractivity contribution in [3.8, 4) is 17.2 Å². The van der Waals surface area contributed by atoms with Gasteiger partial charge in [-0.1, -0.05) is 171 Å². The van der Waals surface area contributed by atoms with Gasteiger partial charge in [0.15, 0.2) is 8.07 Å². The minimum absolute atomic E-state index is 0.908. The van der Waals surface area contributed by atoms with Gasteiger partial charge in [-0.2, -0.15) is 0 Å². The molecule has 64 heavy (non-hydrogen) atoms. The van der Waals surface area contributed by atoms with E-state index in [0.717, 1.165) is 39.4 Å². The molecule has 0 spiro atoms. The fourth-order valence-electron chi connectivity index (χ4n) is 10.9. The summed E-state index contributed by atoms with van der Waals surface area (Å²) in [5, 5.41) is 10.7. The number of benzene rings is 8. The Morgan fingerprint density at radius 3 is 1.88 bits per heavy atom. The molecule has 0 aliphatic carbocycles. The average molecular weight is 856 g/mol. The number of anilines is 3. The highest BCUT2D eigenvalue weighted by Crippen LogP contribution is 2.43. The van der Waals surface area contributed by atoms with Crippen LogP contribution in [-0.2, 0) is 7.05 Å². The SMILES string of the molecule is Cn1c(-c2cccc([Si](c3ccccc3)(c3ccccc3)c3cc4c(c5c3N(c3ccccc3)c3ccccc3[Si]5(C)C)c3ccccc3n4-c3ccccn3)c2)nc2ccccc21. The van der Waals surface area contributed by atoms with Crippen molar-refractivity contribution in [3.63, 3.8) is 0 Å². The van der Waals surface area contributed by atoms with E-state index >= 15 is 0 Å². The number of rotatable bonds is 7. The third-order valence-electron chi connectivity index (χ3n) is 13.7. The summed E-state index contributed by atoms with van der Waals surface area (Å²) in [5.41, 5.74) is 9.23. The molecule has 0 atom stereocenters. The Hall–Kier alpha value is -7.59. The fourth-order valence-corrected chi connectivity index (χ4v) is 19.4. The van der Waals surface area contributed by atoms with Crippen molar-refractivity contribution < 1.29 is 0 Å². The smallest absolute Gasteiger partial charge is 0.181 e. The molecule has 0 unspecified atom stereocenters. The van der Waals surface area contributed by atoms with Gasteiger partial charge < -0.3 is 9.47 Å². The Bertz CT molecular complexity index is 3510. The van der Waals surface area contributed by atoms with Crippen LogP contribution in [0.15, 0.2) is 219 Å². The quantitative estimate of drug-likeness (QED) is 0.119. The highest BCUT2D eigenvalue weighted by Gasteiger charge is 2.50. The molecule has 3 aromatic heterocycles. The lowest BCUT2D eigenvalue weighted by molar-refractivity contribution is 0.959. The van der Waals surface area contributed by atoms with Gasteiger partial charge in [-0.25, -0.2) is 9.97 Å². The van der Waals surface area contributed by atoms with Crippen LogP contribution in [-0.4, -0.2) is 35.2 Å². The van der Waals surface area contributed by atoms with Gasteiger partial charge >= 0.3 is 0 Å². The molecule has 8 aromatic carbocycles. The highest BCUT2D eigenvalue weighted by atomic mass is 28.3. The molecule has 12 rings (SSSR count). The van der Waals surface area contributed by atoms with Crippen molar-refractivity contribution in [2.24, 2.45) is 7.05 Å². The molecule has 4 heterocycles. The van der Waals surface area contributed by atoms with E-state index in [1.807, 2.05) is 12.3 Å². The second kappa shape index (κ2) is 14.8. The first-order valence-corrected chi connectivity index (χ1v) is 27.1. The van der Waals surface area contributed by atoms with E-state index in [4.69, 9.17) is 9.97 Å². The molecule has 0 amide bonds. The Labute approximate surface area is 375 Å². The van der Waals surface area contributed by atoms with Crippen LogP contribution in [0, 0.1) is 0 Å². The van der Waals surface area contributed by atoms with E-state index in [0.29, 0.717) is 0 Å². The summed E-state index contributed by atoms with van der Waals surface area (Å²) in [7, 11) is -3.75. The van der Waals surface area contributed by atoms with E-state index in [9.17, 15) is 0 Å². The summed E-state index contributed by atoms with van der Waals surface area (Å²) in [5.74, 6) is 1.86. The van der Waals surface area contributed by atoms with Crippen molar-refractivity contribution in [1.82, 2.24) is 19.1 Å². The molecule has 0 N–H and O–H groups in total. The number of aryl methyl sites for hydroxylation is 1. The van der Waals surface area contributed by atoms with Crippen LogP contribution in [0.25, 0.3) is 50.0 Å². The van der Waals surface area contributed by atoms with Crippen molar-refractivity contribution in [2.45, 2.75) is 13.1 Å². The number of pyridine rings is 1. The van der Waals surface area contributed by atoms with Crippen molar-refractivity contribution in [3.05, 3.63) is 219 Å². The first-order valence-electron chi connectivity index (χ1n) is 22.1. The minimum Gasteiger partial charge on any atom is -0.327 e. The summed E-state index contributed by atoms with van der Waals surface area (Å²) in [6.45, 7) is 5.15. The van der Waals surface area contributed by atoms with Crippen LogP contribution in [0.3, 0.4) is 0 Å². The first kappa shape index (κ1) is 38.1. The van der Waals surface area contributed by atoms with Gasteiger partial charge in [0.05, 0.1) is 22.1 Å². The zero-order valence-corrected chi connectivity index (χ0v) is 38.0. The van der Waals surface area contributed by atoms with Gasteiger partial charge in [0.25, 0.3) is 0 Å². The summed E-state index contributed by atoms with van der Waals surface area (Å²) < 4.78 is 4.67. The van der Waals surface area contributed by atoms with Gasteiger partial charge in [0, 0.05) is 46.6 Å². The van der Waals surface area contributed by atoms with E-state index in [2.05, 4.69) is 240 Å². The number of fused-ring (bicyclic) bond motifs is 7. The van der Waals surface area contributed by atoms with Crippen LogP contribution in [0.1, 0.15) is 0 Å². The molecule has 1 aliphatic rings. The van der Waals surface area contributed by atoms with Crippen molar-refractivity contribution >= 4 is 97.2 Å². The van der Waals surface area contributed by atoms with Gasteiger partial charge in [0.1, 0.15) is 19.7 Å². The van der Waals surface area contributed by atoms with Gasteiger partial charge in [0.2, 0.25) is 0 Å². The maximum Gasteiger partial charge on any atom is 0.181 e. The van der Waals surface area contributed by atoms with Gasteiger partial charge in [-0.3, -0.25) is 4.57 Å². The third kappa shape index (κ3) is 5.54. The lowest BCUT2D eigenvalue weighted by atomic mass is 10.1. The number of imidazole rings is 1. The maximum atomic E-state index is 5.27. The van der Waals surface area contributed by atoms with E-state index in [1.54, 1.807) is 0 Å². The van der Waals surface area contributed by atoms with Crippen LogP contribution in [0.4, 0.5) is 17.1 Å². The topological polar surface area (TPSA) is 38.9 Å². The molecule has 0 saturated heterocycles. The summed E-state index contributed by atoms with van der Waals surface area (Å²) in [6, 6.07) is 78.7. The molecule has 0 saturated carbocycles. The summed E-state index contributed by atoms with van der Waals surface area (Å²) in [4.78, 5) is 13.0. The lowest BCUT2D eigenvalue weighted by Crippen LogP contribution is -2.76. The molecule has 0 radical (unpaired) electrons. The largest absolute Gasteiger partial charge is 0.327 e. The maximum absolute atomic E-state index is 5.27. The number of aromatic nitrogens is 4. The molecular formula is C57H45N5Si2. The van der Waals surface area contributed by atoms with Gasteiger partial charge in [-0.05, 0) is 85.7 Å². The standard InChI is InChI=1S/C57H45N5Si2/c1-60-48-33-16-14-31-46(48)59-57(60)40-22-21-29-44(38-40)64(42-25-9-5-10-26-42,43-27-11-6-12-28-43)52-39-50-54(45-30-13-15-32-47(45)62(50)53-36-19-20-37-58-53)56-55(52)61(41-23-7-4-8-24-41)49-34-17-18-35-51(49)63(56,2)3/h4-39H,1-3H3. The van der Waals surface area contributed by atoms with Crippen LogP contribution in [0.2, 0.25) is 13.1 Å². The van der Waals surface area contributed by atoms with Crippen molar-refractivity contribution in [2.75, 3.05) is 4.90 Å². The number of nitrogens with zero attached hydrogens (tertiary/aromatic N) is 5. The van der Waals surface area contributed by atoms with E-state index in [1.165, 1.54) is 58.8 Å². The third-order valence-corrected chi connectivity index (χ3v) is 21.9. The van der Waals surface area contributed by atoms with Gasteiger partial charge in [-0.15, -0.1) is 0 Å². The second-order valence-electron chi connectivity index (χ2n) is 17.4. The molecular weight excluding hydrogens is 811 g/mol. The average Bonchev–Trinajstić information content (AvgIpc) is 3.87. The zero-order valence-electron chi connectivity index (χ0n) is 36.0. The Morgan fingerprint density at radius 1 is 0.531 bits per heavy atom. The lowest BCUT2D eigenvalue weighted by Gasteiger charge is -2.46. The Balaban J connectivity index is 1.33. The zero-order chi connectivity index (χ0) is 43.0. The predicted octanol–water partition coefficient (Wildman–Crippen LogP) is 9.72. The second-order valence-corrected chi connectivity index (χ2v) is 25.5. The molecule has 306 valence electrons. The first-order chi connectivity index (χ1) is 31.5. The van der Waals surface area contributed by atoms with Crippen molar-refractivity contribution in [1.29, 1.82) is 0 Å². The van der Waals surface area contributed by atoms with Crippen LogP contribution in [0.5, 0.6) is 0 Å². The monoisotopic (exact) mass is 855 g/mol. The van der Waals surface area contributed by atoms with Crippen LogP contribution >= 0.6 is 0 Å². The van der Waals surface area contributed by atoms with Crippen LogP contribution < -0.4 is 36.0 Å². The fraction of sp³-hybridized carbons (Fsp3) is 0.0526. The van der Waals surface area contributed by atoms with E-state index in [-0.39, 0.29) is 0 Å². The predicted molar refractivity (Wildman–Crippen MR) is 273 cm³/mol. The Morgan fingerprint density at radius 2 is 1.16 bits per heavy atom. The summed E-state index contributed by atoms with van der Waals surface area (Å²) >= 11 is 0. The molecule has 5 nitrogen and oxygen atoms in total. The molecule has 7 heteroatoms. The number of hydrogen-bond acceptors (Lipinski definition) is 3. The molecule has 11 aromatic rings.